The fourth-order valence-electron chi connectivity index (χ4n) is 1.01. The van der Waals surface area contributed by atoms with Gasteiger partial charge in [0.25, 0.3) is 0 Å². The summed E-state index contributed by atoms with van der Waals surface area (Å²) < 4.78 is 5.60. The Hall–Kier alpha value is -0.690. The SMILES string of the molecule is CC(C)COc1ccccc1CCl. The fourth-order valence-corrected chi connectivity index (χ4v) is 1.23. The molecule has 0 bridgehead atoms. The van der Waals surface area contributed by atoms with Crippen molar-refractivity contribution in [1.29, 1.82) is 0 Å². The van der Waals surface area contributed by atoms with Gasteiger partial charge < -0.3 is 4.74 Å². The van der Waals surface area contributed by atoms with Gasteiger partial charge in [0.1, 0.15) is 5.75 Å². The van der Waals surface area contributed by atoms with E-state index in [1.54, 1.807) is 0 Å². The molecule has 0 radical (unpaired) electrons. The normalized spacial score (nSPS) is 10.5. The summed E-state index contributed by atoms with van der Waals surface area (Å²) in [5.41, 5.74) is 1.06. The van der Waals surface area contributed by atoms with Crippen LogP contribution in [0.1, 0.15) is 19.4 Å². The Balaban J connectivity index is 2.64. The Bertz CT molecular complexity index is 258. The minimum Gasteiger partial charge on any atom is -0.493 e. The number of benzene rings is 1. The van der Waals surface area contributed by atoms with Crippen LogP contribution in [-0.2, 0) is 5.88 Å². The Kier molecular flexibility index (Phi) is 4.10. The van der Waals surface area contributed by atoms with Gasteiger partial charge in [-0.2, -0.15) is 0 Å². The molecule has 0 spiro atoms. The van der Waals surface area contributed by atoms with Crippen molar-refractivity contribution in [3.63, 3.8) is 0 Å². The molecule has 13 heavy (non-hydrogen) atoms. The third-order valence-electron chi connectivity index (χ3n) is 1.69. The summed E-state index contributed by atoms with van der Waals surface area (Å²) in [5, 5.41) is 0. The molecule has 0 amide bonds. The van der Waals surface area contributed by atoms with E-state index in [-0.39, 0.29) is 0 Å². The standard InChI is InChI=1S/C11H15ClO/c1-9(2)8-13-11-6-4-3-5-10(11)7-12/h3-6,9H,7-8H2,1-2H3. The largest absolute Gasteiger partial charge is 0.493 e. The lowest BCUT2D eigenvalue weighted by Crippen LogP contribution is -2.05. The molecule has 0 atom stereocenters. The first-order valence-electron chi connectivity index (χ1n) is 4.50. The first kappa shape index (κ1) is 10.4. The Morgan fingerprint density at radius 3 is 2.62 bits per heavy atom. The van der Waals surface area contributed by atoms with Crippen LogP contribution in [0.2, 0.25) is 0 Å². The molecule has 0 saturated carbocycles. The summed E-state index contributed by atoms with van der Waals surface area (Å²) in [4.78, 5) is 0. The Labute approximate surface area is 84.7 Å². The monoisotopic (exact) mass is 198 g/mol. The summed E-state index contributed by atoms with van der Waals surface area (Å²) in [7, 11) is 0. The van der Waals surface area contributed by atoms with Crippen LogP contribution in [-0.4, -0.2) is 6.61 Å². The molecule has 72 valence electrons. The highest BCUT2D eigenvalue weighted by Gasteiger charge is 2.01. The zero-order chi connectivity index (χ0) is 9.68. The topological polar surface area (TPSA) is 9.23 Å². The summed E-state index contributed by atoms with van der Waals surface area (Å²) in [6, 6.07) is 7.88. The van der Waals surface area contributed by atoms with Crippen molar-refractivity contribution in [2.45, 2.75) is 19.7 Å². The summed E-state index contributed by atoms with van der Waals surface area (Å²) in [6.45, 7) is 5.00. The van der Waals surface area contributed by atoms with Crippen LogP contribution < -0.4 is 4.74 Å². The van der Waals surface area contributed by atoms with Crippen molar-refractivity contribution in [1.82, 2.24) is 0 Å². The van der Waals surface area contributed by atoms with Gasteiger partial charge in [0.05, 0.1) is 12.5 Å². The van der Waals surface area contributed by atoms with E-state index in [2.05, 4.69) is 13.8 Å². The number of para-hydroxylation sites is 1. The van der Waals surface area contributed by atoms with Gasteiger partial charge >= 0.3 is 0 Å². The highest BCUT2D eigenvalue weighted by Crippen LogP contribution is 2.20. The van der Waals surface area contributed by atoms with Gasteiger partial charge in [-0.15, -0.1) is 11.6 Å². The highest BCUT2D eigenvalue weighted by molar-refractivity contribution is 6.17. The van der Waals surface area contributed by atoms with Gasteiger partial charge in [-0.25, -0.2) is 0 Å². The van der Waals surface area contributed by atoms with Crippen LogP contribution in [0.4, 0.5) is 0 Å². The minimum absolute atomic E-state index is 0.508. The number of rotatable bonds is 4. The van der Waals surface area contributed by atoms with Crippen molar-refractivity contribution >= 4 is 11.6 Å². The van der Waals surface area contributed by atoms with E-state index >= 15 is 0 Å². The van der Waals surface area contributed by atoms with E-state index in [9.17, 15) is 0 Å². The second-order valence-corrected chi connectivity index (χ2v) is 3.71. The number of ether oxygens (including phenoxy) is 1. The number of halogens is 1. The van der Waals surface area contributed by atoms with Crippen LogP contribution in [0.3, 0.4) is 0 Å². The van der Waals surface area contributed by atoms with E-state index in [0.717, 1.165) is 17.9 Å². The number of hydrogen-bond acceptors (Lipinski definition) is 1. The molecule has 0 aromatic heterocycles. The molecule has 0 aliphatic carbocycles. The van der Waals surface area contributed by atoms with E-state index in [1.807, 2.05) is 24.3 Å². The third-order valence-corrected chi connectivity index (χ3v) is 1.98. The lowest BCUT2D eigenvalue weighted by atomic mass is 10.2. The average Bonchev–Trinajstić information content (AvgIpc) is 2.15. The van der Waals surface area contributed by atoms with Crippen LogP contribution in [0, 0.1) is 5.92 Å². The molecule has 0 aliphatic rings. The predicted octanol–water partition coefficient (Wildman–Crippen LogP) is 3.46. The van der Waals surface area contributed by atoms with Gasteiger partial charge in [-0.3, -0.25) is 0 Å². The first-order chi connectivity index (χ1) is 6.24. The first-order valence-corrected chi connectivity index (χ1v) is 5.04. The molecule has 1 rings (SSSR count). The maximum absolute atomic E-state index is 5.77. The Morgan fingerprint density at radius 2 is 2.00 bits per heavy atom. The molecule has 0 unspecified atom stereocenters. The molecule has 0 aliphatic heterocycles. The zero-order valence-electron chi connectivity index (χ0n) is 8.09. The summed E-state index contributed by atoms with van der Waals surface area (Å²) >= 11 is 5.77. The van der Waals surface area contributed by atoms with Crippen molar-refractivity contribution < 1.29 is 4.74 Å². The average molecular weight is 199 g/mol. The zero-order valence-corrected chi connectivity index (χ0v) is 8.84. The van der Waals surface area contributed by atoms with E-state index in [0.29, 0.717) is 11.8 Å². The van der Waals surface area contributed by atoms with E-state index in [1.165, 1.54) is 0 Å². The van der Waals surface area contributed by atoms with Gasteiger partial charge in [-0.05, 0) is 12.0 Å². The highest BCUT2D eigenvalue weighted by atomic mass is 35.5. The van der Waals surface area contributed by atoms with E-state index in [4.69, 9.17) is 16.3 Å². The van der Waals surface area contributed by atoms with Crippen LogP contribution in [0.15, 0.2) is 24.3 Å². The maximum atomic E-state index is 5.77. The molecule has 0 saturated heterocycles. The molecule has 2 heteroatoms. The molecular formula is C11H15ClO. The van der Waals surface area contributed by atoms with Gasteiger partial charge in [0.2, 0.25) is 0 Å². The Morgan fingerprint density at radius 1 is 1.31 bits per heavy atom. The third kappa shape index (κ3) is 3.27. The second kappa shape index (κ2) is 5.13. The van der Waals surface area contributed by atoms with Crippen molar-refractivity contribution in [2.75, 3.05) is 6.61 Å². The molecule has 1 aromatic rings. The lowest BCUT2D eigenvalue weighted by molar-refractivity contribution is 0.269. The van der Waals surface area contributed by atoms with Crippen LogP contribution >= 0.6 is 11.6 Å². The second-order valence-electron chi connectivity index (χ2n) is 3.45. The molecule has 0 heterocycles. The molecular weight excluding hydrogens is 184 g/mol. The number of alkyl halides is 1. The van der Waals surface area contributed by atoms with Crippen LogP contribution in [0.25, 0.3) is 0 Å². The van der Waals surface area contributed by atoms with Gasteiger partial charge in [-0.1, -0.05) is 32.0 Å². The summed E-state index contributed by atoms with van der Waals surface area (Å²) in [5.74, 6) is 1.96. The molecule has 1 nitrogen and oxygen atoms in total. The molecule has 1 aromatic carbocycles. The fraction of sp³-hybridized carbons (Fsp3) is 0.455. The maximum Gasteiger partial charge on any atom is 0.123 e. The minimum atomic E-state index is 0.508. The molecule has 0 N–H and O–H groups in total. The molecule has 0 fully saturated rings. The lowest BCUT2D eigenvalue weighted by Gasteiger charge is -2.11. The van der Waals surface area contributed by atoms with Gasteiger partial charge in [0, 0.05) is 5.56 Å². The smallest absolute Gasteiger partial charge is 0.123 e. The quantitative estimate of drug-likeness (QED) is 0.674. The van der Waals surface area contributed by atoms with Crippen LogP contribution in [0.5, 0.6) is 5.75 Å². The summed E-state index contributed by atoms with van der Waals surface area (Å²) in [6.07, 6.45) is 0. The van der Waals surface area contributed by atoms with Crippen molar-refractivity contribution in [3.05, 3.63) is 29.8 Å². The predicted molar refractivity (Wildman–Crippen MR) is 56.3 cm³/mol. The van der Waals surface area contributed by atoms with Crippen molar-refractivity contribution in [3.8, 4) is 5.75 Å². The van der Waals surface area contributed by atoms with E-state index < -0.39 is 0 Å². The van der Waals surface area contributed by atoms with Gasteiger partial charge in [0.15, 0.2) is 0 Å². The van der Waals surface area contributed by atoms with Crippen molar-refractivity contribution in [2.24, 2.45) is 5.92 Å². The number of hydrogen-bond donors (Lipinski definition) is 0.